The second-order valence-electron chi connectivity index (χ2n) is 2.90. The molecule has 0 aliphatic rings. The van der Waals surface area contributed by atoms with Crippen LogP contribution in [-0.4, -0.2) is 41.2 Å². The average Bonchev–Trinajstić information content (AvgIpc) is 2.18. The number of hydrogen-bond acceptors (Lipinski definition) is 5. The predicted octanol–water partition coefficient (Wildman–Crippen LogP) is 0.396. The van der Waals surface area contributed by atoms with E-state index in [4.69, 9.17) is 9.84 Å². The molecule has 1 N–H and O–H groups in total. The van der Waals surface area contributed by atoms with E-state index in [-0.39, 0.29) is 6.54 Å². The monoisotopic (exact) mass is 211 g/mol. The fourth-order valence-corrected chi connectivity index (χ4v) is 1.01. The summed E-state index contributed by atoms with van der Waals surface area (Å²) in [4.78, 5) is 19.9. The van der Waals surface area contributed by atoms with E-state index in [1.165, 1.54) is 17.3 Å². The maximum Gasteiger partial charge on any atom is 0.323 e. The van der Waals surface area contributed by atoms with E-state index in [1.54, 1.807) is 7.05 Å². The Bertz CT molecular complexity index is 326. The van der Waals surface area contributed by atoms with Crippen LogP contribution in [0.4, 0.5) is 5.82 Å². The number of carbonyl (C=O) groups is 1. The maximum atomic E-state index is 10.4. The third-order valence-electron chi connectivity index (χ3n) is 1.67. The van der Waals surface area contributed by atoms with Crippen molar-refractivity contribution in [3.8, 4) is 5.88 Å². The van der Waals surface area contributed by atoms with Crippen molar-refractivity contribution in [1.82, 2.24) is 9.97 Å². The Hall–Kier alpha value is -1.85. The predicted molar refractivity (Wildman–Crippen MR) is 54.1 cm³/mol. The highest BCUT2D eigenvalue weighted by atomic mass is 16.5. The smallest absolute Gasteiger partial charge is 0.323 e. The third-order valence-corrected chi connectivity index (χ3v) is 1.67. The number of anilines is 1. The summed E-state index contributed by atoms with van der Waals surface area (Å²) >= 11 is 0. The molecule has 0 fully saturated rings. The molecule has 6 nitrogen and oxygen atoms in total. The second kappa shape index (κ2) is 5.14. The topological polar surface area (TPSA) is 75.5 Å². The number of carboxylic acid groups (broad SMARTS) is 1. The van der Waals surface area contributed by atoms with Gasteiger partial charge in [-0.3, -0.25) is 4.79 Å². The second-order valence-corrected chi connectivity index (χ2v) is 2.90. The lowest BCUT2D eigenvalue weighted by Crippen LogP contribution is -2.25. The molecule has 1 aromatic rings. The molecule has 0 atom stereocenters. The number of rotatable bonds is 5. The molecule has 1 aromatic heterocycles. The van der Waals surface area contributed by atoms with Crippen molar-refractivity contribution in [1.29, 1.82) is 0 Å². The number of nitrogens with zero attached hydrogens (tertiary/aromatic N) is 3. The van der Waals surface area contributed by atoms with Crippen molar-refractivity contribution in [2.24, 2.45) is 0 Å². The van der Waals surface area contributed by atoms with E-state index in [0.717, 1.165) is 0 Å². The summed E-state index contributed by atoms with van der Waals surface area (Å²) < 4.78 is 5.11. The van der Waals surface area contributed by atoms with Crippen molar-refractivity contribution in [3.05, 3.63) is 12.4 Å². The highest BCUT2D eigenvalue weighted by Crippen LogP contribution is 2.10. The first-order valence-corrected chi connectivity index (χ1v) is 4.51. The molecule has 1 heterocycles. The molecule has 1 rings (SSSR count). The van der Waals surface area contributed by atoms with Crippen LogP contribution in [0.5, 0.6) is 5.88 Å². The molecule has 82 valence electrons. The standard InChI is InChI=1S/C9H13N3O3/c1-3-15-8-5-10-7(4-11-8)12(2)6-9(13)14/h4-5H,3,6H2,1-2H3,(H,13,14). The summed E-state index contributed by atoms with van der Waals surface area (Å²) in [6.07, 6.45) is 2.95. The molecule has 0 saturated heterocycles. The summed E-state index contributed by atoms with van der Waals surface area (Å²) in [6.45, 7) is 2.27. The van der Waals surface area contributed by atoms with Gasteiger partial charge < -0.3 is 14.7 Å². The van der Waals surface area contributed by atoms with E-state index in [1.807, 2.05) is 6.92 Å². The Morgan fingerprint density at radius 2 is 2.27 bits per heavy atom. The molecule has 0 bridgehead atoms. The SMILES string of the molecule is CCOc1cnc(N(C)CC(=O)O)cn1. The van der Waals surface area contributed by atoms with Gasteiger partial charge in [0.05, 0.1) is 19.0 Å². The van der Waals surface area contributed by atoms with E-state index in [2.05, 4.69) is 9.97 Å². The summed E-state index contributed by atoms with van der Waals surface area (Å²) in [7, 11) is 1.64. The Kier molecular flexibility index (Phi) is 3.84. The molecule has 0 saturated carbocycles. The molecule has 0 aromatic carbocycles. The maximum absolute atomic E-state index is 10.4. The molecule has 0 aliphatic carbocycles. The molecular weight excluding hydrogens is 198 g/mol. The first-order valence-electron chi connectivity index (χ1n) is 4.51. The van der Waals surface area contributed by atoms with Gasteiger partial charge in [-0.25, -0.2) is 9.97 Å². The molecule has 0 amide bonds. The van der Waals surface area contributed by atoms with Gasteiger partial charge >= 0.3 is 5.97 Å². The molecule has 6 heteroatoms. The zero-order chi connectivity index (χ0) is 11.3. The van der Waals surface area contributed by atoms with Crippen LogP contribution in [0.2, 0.25) is 0 Å². The van der Waals surface area contributed by atoms with E-state index in [0.29, 0.717) is 18.3 Å². The van der Waals surface area contributed by atoms with Crippen molar-refractivity contribution in [2.45, 2.75) is 6.92 Å². The number of hydrogen-bond donors (Lipinski definition) is 1. The van der Waals surface area contributed by atoms with Crippen LogP contribution in [0.1, 0.15) is 6.92 Å². The van der Waals surface area contributed by atoms with Crippen LogP contribution in [0.15, 0.2) is 12.4 Å². The number of ether oxygens (including phenoxy) is 1. The number of aromatic nitrogens is 2. The number of carboxylic acids is 1. The van der Waals surface area contributed by atoms with Gasteiger partial charge in [0.25, 0.3) is 0 Å². The van der Waals surface area contributed by atoms with Gasteiger partial charge in [-0.2, -0.15) is 0 Å². The van der Waals surface area contributed by atoms with E-state index >= 15 is 0 Å². The Balaban J connectivity index is 2.66. The molecule has 0 radical (unpaired) electrons. The average molecular weight is 211 g/mol. The fourth-order valence-electron chi connectivity index (χ4n) is 1.01. The van der Waals surface area contributed by atoms with Crippen molar-refractivity contribution in [2.75, 3.05) is 25.1 Å². The molecule has 0 unspecified atom stereocenters. The third kappa shape index (κ3) is 3.41. The van der Waals surface area contributed by atoms with Gasteiger partial charge in [0.2, 0.25) is 5.88 Å². The minimum Gasteiger partial charge on any atom is -0.480 e. The van der Waals surface area contributed by atoms with Gasteiger partial charge in [0.1, 0.15) is 12.4 Å². The van der Waals surface area contributed by atoms with Crippen LogP contribution in [-0.2, 0) is 4.79 Å². The van der Waals surface area contributed by atoms with Gasteiger partial charge in [-0.15, -0.1) is 0 Å². The Morgan fingerprint density at radius 3 is 2.73 bits per heavy atom. The minimum absolute atomic E-state index is 0.108. The van der Waals surface area contributed by atoms with Gasteiger partial charge in [-0.05, 0) is 6.92 Å². The van der Waals surface area contributed by atoms with Gasteiger partial charge in [0, 0.05) is 7.05 Å². The first kappa shape index (κ1) is 11.2. The lowest BCUT2D eigenvalue weighted by atomic mass is 10.5. The molecule has 15 heavy (non-hydrogen) atoms. The van der Waals surface area contributed by atoms with Crippen molar-refractivity contribution < 1.29 is 14.6 Å². The van der Waals surface area contributed by atoms with Gasteiger partial charge in [0.15, 0.2) is 0 Å². The van der Waals surface area contributed by atoms with E-state index in [9.17, 15) is 4.79 Å². The lowest BCUT2D eigenvalue weighted by Gasteiger charge is -2.14. The largest absolute Gasteiger partial charge is 0.480 e. The summed E-state index contributed by atoms with van der Waals surface area (Å²) in [5.74, 6) is 0.0269. The van der Waals surface area contributed by atoms with Crippen LogP contribution >= 0.6 is 0 Å². The van der Waals surface area contributed by atoms with Crippen LogP contribution in [0, 0.1) is 0 Å². The lowest BCUT2D eigenvalue weighted by molar-refractivity contribution is -0.135. The Labute approximate surface area is 87.5 Å². The number of likely N-dealkylation sites (N-methyl/N-ethyl adjacent to an activating group) is 1. The molecular formula is C9H13N3O3. The summed E-state index contributed by atoms with van der Waals surface area (Å²) in [5.41, 5.74) is 0. The first-order chi connectivity index (χ1) is 7.13. The highest BCUT2D eigenvalue weighted by Gasteiger charge is 2.07. The summed E-state index contributed by atoms with van der Waals surface area (Å²) in [5, 5.41) is 8.57. The minimum atomic E-state index is -0.909. The zero-order valence-corrected chi connectivity index (χ0v) is 8.67. The van der Waals surface area contributed by atoms with Crippen molar-refractivity contribution in [3.63, 3.8) is 0 Å². The quantitative estimate of drug-likeness (QED) is 0.759. The van der Waals surface area contributed by atoms with Gasteiger partial charge in [-0.1, -0.05) is 0 Å². The molecule has 0 spiro atoms. The van der Waals surface area contributed by atoms with Crippen LogP contribution < -0.4 is 9.64 Å². The van der Waals surface area contributed by atoms with Crippen LogP contribution in [0.25, 0.3) is 0 Å². The van der Waals surface area contributed by atoms with Crippen LogP contribution in [0.3, 0.4) is 0 Å². The van der Waals surface area contributed by atoms with E-state index < -0.39 is 5.97 Å². The van der Waals surface area contributed by atoms with Crippen molar-refractivity contribution >= 4 is 11.8 Å². The Morgan fingerprint density at radius 1 is 1.53 bits per heavy atom. The zero-order valence-electron chi connectivity index (χ0n) is 8.67. The normalized spacial score (nSPS) is 9.73. The summed E-state index contributed by atoms with van der Waals surface area (Å²) in [6, 6.07) is 0. The number of aliphatic carboxylic acids is 1. The fraction of sp³-hybridized carbons (Fsp3) is 0.444. The molecule has 0 aliphatic heterocycles. The highest BCUT2D eigenvalue weighted by molar-refractivity contribution is 5.72.